The molecule has 10 heteroatoms. The lowest BCUT2D eigenvalue weighted by Gasteiger charge is -2.07. The molecule has 1 aliphatic rings. The first-order chi connectivity index (χ1) is 13.3. The quantitative estimate of drug-likeness (QED) is 0.487. The first-order valence-electron chi connectivity index (χ1n) is 8.38. The highest BCUT2D eigenvalue weighted by Crippen LogP contribution is 2.28. The molecule has 0 radical (unpaired) electrons. The highest BCUT2D eigenvalue weighted by molar-refractivity contribution is 7.89. The van der Waals surface area contributed by atoms with Crippen LogP contribution in [0.2, 0.25) is 5.02 Å². The summed E-state index contributed by atoms with van der Waals surface area (Å²) in [5, 5.41) is 13.8. The number of hydrogen-bond donors (Lipinski definition) is 4. The number of primary sulfonamides is 1. The van der Waals surface area contributed by atoms with Gasteiger partial charge in [0, 0.05) is 34.5 Å². The minimum atomic E-state index is -3.75. The fourth-order valence-electron chi connectivity index (χ4n) is 3.10. The van der Waals surface area contributed by atoms with Gasteiger partial charge >= 0.3 is 0 Å². The van der Waals surface area contributed by atoms with Crippen molar-refractivity contribution in [2.75, 3.05) is 12.0 Å². The van der Waals surface area contributed by atoms with Crippen LogP contribution in [-0.2, 0) is 10.0 Å². The number of hydrazone groups is 1. The SMILES string of the molecule is NS(=O)(=O)c1ccc(N/N=C2\CCNC(=O)c3[nH]c4ccc(Cl)cc4c32)cc1. The second-order valence-corrected chi connectivity index (χ2v) is 8.31. The van der Waals surface area contributed by atoms with Crippen LogP contribution in [0.5, 0.6) is 0 Å². The van der Waals surface area contributed by atoms with Crippen molar-refractivity contribution in [3.63, 3.8) is 0 Å². The van der Waals surface area contributed by atoms with E-state index in [0.29, 0.717) is 40.6 Å². The first-order valence-corrected chi connectivity index (χ1v) is 10.3. The first kappa shape index (κ1) is 18.5. The van der Waals surface area contributed by atoms with Gasteiger partial charge in [-0.15, -0.1) is 0 Å². The zero-order valence-electron chi connectivity index (χ0n) is 14.5. The van der Waals surface area contributed by atoms with Crippen LogP contribution in [0.25, 0.3) is 10.9 Å². The van der Waals surface area contributed by atoms with Crippen LogP contribution in [0, 0.1) is 0 Å². The largest absolute Gasteiger partial charge is 0.350 e. The van der Waals surface area contributed by atoms with Crippen LogP contribution in [0.3, 0.4) is 0 Å². The summed E-state index contributed by atoms with van der Waals surface area (Å²) in [4.78, 5) is 15.5. The van der Waals surface area contributed by atoms with Crippen LogP contribution in [0.4, 0.5) is 5.69 Å². The fraction of sp³-hybridized carbons (Fsp3) is 0.111. The van der Waals surface area contributed by atoms with E-state index in [-0.39, 0.29) is 10.8 Å². The number of rotatable bonds is 3. The van der Waals surface area contributed by atoms with Gasteiger partial charge in [-0.05, 0) is 42.5 Å². The number of nitrogens with one attached hydrogen (secondary N) is 3. The Morgan fingerprint density at radius 1 is 1.14 bits per heavy atom. The Morgan fingerprint density at radius 3 is 2.61 bits per heavy atom. The molecule has 0 fully saturated rings. The van der Waals surface area contributed by atoms with E-state index in [4.69, 9.17) is 16.7 Å². The average molecular weight is 418 g/mol. The van der Waals surface area contributed by atoms with Gasteiger partial charge < -0.3 is 10.3 Å². The van der Waals surface area contributed by atoms with Gasteiger partial charge in [0.15, 0.2) is 0 Å². The Kier molecular flexibility index (Phi) is 4.58. The van der Waals surface area contributed by atoms with Crippen molar-refractivity contribution in [2.45, 2.75) is 11.3 Å². The molecule has 8 nitrogen and oxygen atoms in total. The van der Waals surface area contributed by atoms with Crippen molar-refractivity contribution in [3.8, 4) is 0 Å². The molecule has 0 saturated heterocycles. The zero-order chi connectivity index (χ0) is 19.9. The molecule has 0 saturated carbocycles. The average Bonchev–Trinajstić information content (AvgIpc) is 2.95. The lowest BCUT2D eigenvalue weighted by Crippen LogP contribution is -2.23. The highest BCUT2D eigenvalue weighted by Gasteiger charge is 2.25. The number of benzene rings is 2. The summed E-state index contributed by atoms with van der Waals surface area (Å²) < 4.78 is 22.7. The van der Waals surface area contributed by atoms with Crippen LogP contribution >= 0.6 is 11.6 Å². The normalized spacial score (nSPS) is 15.9. The van der Waals surface area contributed by atoms with Crippen LogP contribution < -0.4 is 15.9 Å². The molecule has 28 heavy (non-hydrogen) atoms. The number of hydrogen-bond acceptors (Lipinski definition) is 5. The number of nitrogens with zero attached hydrogens (tertiary/aromatic N) is 1. The van der Waals surface area contributed by atoms with Crippen molar-refractivity contribution in [1.29, 1.82) is 0 Å². The third kappa shape index (κ3) is 3.47. The van der Waals surface area contributed by atoms with E-state index in [0.717, 1.165) is 10.9 Å². The van der Waals surface area contributed by atoms with Crippen molar-refractivity contribution in [1.82, 2.24) is 10.3 Å². The number of anilines is 1. The maximum absolute atomic E-state index is 12.4. The van der Waals surface area contributed by atoms with Gasteiger partial charge in [-0.2, -0.15) is 5.10 Å². The standard InChI is InChI=1S/C18H16ClN5O3S/c19-10-1-6-14-13(9-10)16-15(7-8-21-18(25)17(16)22-14)24-23-11-2-4-12(5-3-11)28(20,26)27/h1-6,9,22-23H,7-8H2,(H,21,25)(H2,20,26,27)/b24-15+. The highest BCUT2D eigenvalue weighted by atomic mass is 35.5. The molecule has 4 rings (SSSR count). The molecule has 0 aliphatic carbocycles. The van der Waals surface area contributed by atoms with Gasteiger partial charge in [-0.1, -0.05) is 11.6 Å². The number of sulfonamides is 1. The van der Waals surface area contributed by atoms with Gasteiger partial charge in [0.1, 0.15) is 5.69 Å². The molecular formula is C18H16ClN5O3S. The van der Waals surface area contributed by atoms with E-state index < -0.39 is 10.0 Å². The van der Waals surface area contributed by atoms with Crippen molar-refractivity contribution < 1.29 is 13.2 Å². The van der Waals surface area contributed by atoms with Crippen LogP contribution in [0.15, 0.2) is 52.5 Å². The maximum atomic E-state index is 12.4. The summed E-state index contributed by atoms with van der Waals surface area (Å²) in [6, 6.07) is 11.3. The number of carbonyl (C=O) groups excluding carboxylic acids is 1. The number of halogens is 1. The molecule has 2 heterocycles. The smallest absolute Gasteiger partial charge is 0.268 e. The zero-order valence-corrected chi connectivity index (χ0v) is 16.1. The maximum Gasteiger partial charge on any atom is 0.268 e. The minimum absolute atomic E-state index is 0.0172. The van der Waals surface area contributed by atoms with E-state index >= 15 is 0 Å². The predicted octanol–water partition coefficient (Wildman–Crippen LogP) is 2.42. The number of aromatic nitrogens is 1. The third-order valence-corrected chi connectivity index (χ3v) is 5.59. The van der Waals surface area contributed by atoms with E-state index in [1.165, 1.54) is 12.1 Å². The summed E-state index contributed by atoms with van der Waals surface area (Å²) in [5.41, 5.74) is 6.09. The van der Waals surface area contributed by atoms with E-state index in [2.05, 4.69) is 20.8 Å². The number of carbonyl (C=O) groups is 1. The summed E-state index contributed by atoms with van der Waals surface area (Å²) in [5.74, 6) is -0.204. The molecule has 0 atom stereocenters. The summed E-state index contributed by atoms with van der Waals surface area (Å²) in [7, 11) is -3.75. The number of aromatic amines is 1. The van der Waals surface area contributed by atoms with Crippen molar-refractivity contribution >= 4 is 49.8 Å². The predicted molar refractivity (Wildman–Crippen MR) is 108 cm³/mol. The number of H-pyrrole nitrogens is 1. The third-order valence-electron chi connectivity index (χ3n) is 4.43. The fourth-order valence-corrected chi connectivity index (χ4v) is 3.79. The Morgan fingerprint density at radius 2 is 1.89 bits per heavy atom. The minimum Gasteiger partial charge on any atom is -0.350 e. The summed E-state index contributed by atoms with van der Waals surface area (Å²) in [6.45, 7) is 0.439. The number of amides is 1. The topological polar surface area (TPSA) is 129 Å². The van der Waals surface area contributed by atoms with E-state index in [1.807, 2.05) is 6.07 Å². The van der Waals surface area contributed by atoms with Crippen molar-refractivity contribution in [3.05, 3.63) is 58.7 Å². The Labute approximate surface area is 165 Å². The summed E-state index contributed by atoms with van der Waals surface area (Å²) in [6.07, 6.45) is 0.514. The molecule has 3 aromatic rings. The van der Waals surface area contributed by atoms with Gasteiger partial charge in [0.25, 0.3) is 5.91 Å². The molecule has 0 unspecified atom stereocenters. The van der Waals surface area contributed by atoms with Gasteiger partial charge in [-0.3, -0.25) is 10.2 Å². The van der Waals surface area contributed by atoms with Gasteiger partial charge in [0.05, 0.1) is 16.3 Å². The Balaban J connectivity index is 1.74. The molecule has 144 valence electrons. The lowest BCUT2D eigenvalue weighted by atomic mass is 10.0. The van der Waals surface area contributed by atoms with E-state index in [9.17, 15) is 13.2 Å². The van der Waals surface area contributed by atoms with Crippen LogP contribution in [-0.4, -0.2) is 31.6 Å². The van der Waals surface area contributed by atoms with E-state index in [1.54, 1.807) is 24.3 Å². The molecule has 1 aromatic heterocycles. The molecule has 0 spiro atoms. The Hall–Kier alpha value is -2.88. The van der Waals surface area contributed by atoms with Gasteiger partial charge in [0.2, 0.25) is 10.0 Å². The second kappa shape index (κ2) is 6.93. The molecule has 1 amide bonds. The van der Waals surface area contributed by atoms with Crippen molar-refractivity contribution in [2.24, 2.45) is 10.2 Å². The molecule has 5 N–H and O–H groups in total. The molecule has 0 bridgehead atoms. The molecular weight excluding hydrogens is 402 g/mol. The molecule has 1 aliphatic heterocycles. The summed E-state index contributed by atoms with van der Waals surface area (Å²) >= 11 is 6.14. The van der Waals surface area contributed by atoms with Gasteiger partial charge in [-0.25, -0.2) is 13.6 Å². The van der Waals surface area contributed by atoms with Crippen LogP contribution in [0.1, 0.15) is 22.5 Å². The second-order valence-electron chi connectivity index (χ2n) is 6.31. The Bertz CT molecular complexity index is 1220. The monoisotopic (exact) mass is 417 g/mol. The number of nitrogens with two attached hydrogens (primary N) is 1. The molecule has 2 aromatic carbocycles. The lowest BCUT2D eigenvalue weighted by molar-refractivity contribution is 0.0952. The number of fused-ring (bicyclic) bond motifs is 3.